The van der Waals surface area contributed by atoms with E-state index in [0.29, 0.717) is 11.5 Å². The molecule has 1 aliphatic carbocycles. The zero-order valence-electron chi connectivity index (χ0n) is 11.7. The summed E-state index contributed by atoms with van der Waals surface area (Å²) in [6, 6.07) is 0. The van der Waals surface area contributed by atoms with Crippen molar-refractivity contribution in [2.45, 2.75) is 78.7 Å². The third-order valence-corrected chi connectivity index (χ3v) is 3.70. The molecule has 0 aromatic carbocycles. The van der Waals surface area contributed by atoms with Crippen LogP contribution in [0.15, 0.2) is 0 Å². The van der Waals surface area contributed by atoms with Gasteiger partial charge in [0.15, 0.2) is 0 Å². The van der Waals surface area contributed by atoms with E-state index in [1.165, 1.54) is 44.9 Å². The van der Waals surface area contributed by atoms with Gasteiger partial charge in [0.25, 0.3) is 0 Å². The lowest BCUT2D eigenvalue weighted by Gasteiger charge is -2.38. The second kappa shape index (κ2) is 6.64. The highest BCUT2D eigenvalue weighted by atomic mass is 16.5. The first-order valence-electron chi connectivity index (χ1n) is 7.15. The Balaban J connectivity index is 2.16. The standard InChI is InChI=1S/C15H30O/c1-5-6-7-8-9-16-14-10-13(2)11-15(3,4)12-14/h13-14H,5-12H2,1-4H3. The molecule has 1 fully saturated rings. The predicted molar refractivity (Wildman–Crippen MR) is 70.7 cm³/mol. The van der Waals surface area contributed by atoms with Crippen LogP contribution in [0.2, 0.25) is 0 Å². The molecule has 0 aromatic heterocycles. The van der Waals surface area contributed by atoms with Crippen molar-refractivity contribution in [2.75, 3.05) is 6.61 Å². The first-order chi connectivity index (χ1) is 7.53. The normalized spacial score (nSPS) is 29.2. The van der Waals surface area contributed by atoms with Crippen molar-refractivity contribution in [1.82, 2.24) is 0 Å². The highest BCUT2D eigenvalue weighted by Crippen LogP contribution is 2.39. The van der Waals surface area contributed by atoms with Crippen molar-refractivity contribution in [2.24, 2.45) is 11.3 Å². The molecule has 0 heterocycles. The molecule has 1 nitrogen and oxygen atoms in total. The van der Waals surface area contributed by atoms with E-state index >= 15 is 0 Å². The average molecular weight is 226 g/mol. The number of hydrogen-bond donors (Lipinski definition) is 0. The van der Waals surface area contributed by atoms with Crippen molar-refractivity contribution in [3.05, 3.63) is 0 Å². The Morgan fingerprint density at radius 2 is 1.88 bits per heavy atom. The summed E-state index contributed by atoms with van der Waals surface area (Å²) in [4.78, 5) is 0. The van der Waals surface area contributed by atoms with Crippen LogP contribution >= 0.6 is 0 Å². The van der Waals surface area contributed by atoms with Crippen LogP contribution in [0.5, 0.6) is 0 Å². The van der Waals surface area contributed by atoms with Gasteiger partial charge < -0.3 is 4.74 Å². The molecule has 1 aliphatic rings. The lowest BCUT2D eigenvalue weighted by molar-refractivity contribution is -0.0240. The molecule has 0 amide bonds. The second-order valence-electron chi connectivity index (χ2n) is 6.47. The fraction of sp³-hybridized carbons (Fsp3) is 1.00. The van der Waals surface area contributed by atoms with Crippen molar-refractivity contribution in [3.8, 4) is 0 Å². The van der Waals surface area contributed by atoms with Crippen molar-refractivity contribution >= 4 is 0 Å². The van der Waals surface area contributed by atoms with E-state index in [-0.39, 0.29) is 0 Å². The highest BCUT2D eigenvalue weighted by Gasteiger charge is 2.32. The zero-order chi connectivity index (χ0) is 12.0. The van der Waals surface area contributed by atoms with E-state index in [9.17, 15) is 0 Å². The van der Waals surface area contributed by atoms with E-state index in [2.05, 4.69) is 27.7 Å². The third-order valence-electron chi connectivity index (χ3n) is 3.70. The van der Waals surface area contributed by atoms with Crippen molar-refractivity contribution in [1.29, 1.82) is 0 Å². The van der Waals surface area contributed by atoms with Gasteiger partial charge in [-0.2, -0.15) is 0 Å². The van der Waals surface area contributed by atoms with Gasteiger partial charge in [-0.05, 0) is 37.0 Å². The third kappa shape index (κ3) is 5.34. The summed E-state index contributed by atoms with van der Waals surface area (Å²) >= 11 is 0. The Morgan fingerprint density at radius 1 is 1.12 bits per heavy atom. The van der Waals surface area contributed by atoms with Gasteiger partial charge in [0.05, 0.1) is 6.10 Å². The maximum atomic E-state index is 6.04. The van der Waals surface area contributed by atoms with Crippen LogP contribution in [-0.2, 0) is 4.74 Å². The molecule has 0 saturated heterocycles. The molecule has 0 bridgehead atoms. The van der Waals surface area contributed by atoms with Gasteiger partial charge in [-0.25, -0.2) is 0 Å². The molecule has 16 heavy (non-hydrogen) atoms. The Morgan fingerprint density at radius 3 is 2.50 bits per heavy atom. The summed E-state index contributed by atoms with van der Waals surface area (Å²) in [6.45, 7) is 10.4. The minimum absolute atomic E-state index is 0.492. The first-order valence-corrected chi connectivity index (χ1v) is 7.15. The zero-order valence-corrected chi connectivity index (χ0v) is 11.7. The summed E-state index contributed by atoms with van der Waals surface area (Å²) in [5.74, 6) is 0.837. The summed E-state index contributed by atoms with van der Waals surface area (Å²) in [5.41, 5.74) is 0.492. The molecule has 1 rings (SSSR count). The minimum Gasteiger partial charge on any atom is -0.378 e. The minimum atomic E-state index is 0.492. The van der Waals surface area contributed by atoms with E-state index in [1.54, 1.807) is 0 Å². The van der Waals surface area contributed by atoms with Gasteiger partial charge in [-0.15, -0.1) is 0 Å². The van der Waals surface area contributed by atoms with E-state index in [4.69, 9.17) is 4.74 Å². The second-order valence-corrected chi connectivity index (χ2v) is 6.47. The quantitative estimate of drug-likeness (QED) is 0.591. The van der Waals surface area contributed by atoms with Gasteiger partial charge in [0.1, 0.15) is 0 Å². The lowest BCUT2D eigenvalue weighted by Crippen LogP contribution is -2.32. The molecular formula is C15H30O. The molecule has 1 heteroatoms. The first kappa shape index (κ1) is 14.0. The Labute approximate surface area is 102 Å². The predicted octanol–water partition coefficient (Wildman–Crippen LogP) is 4.80. The molecule has 2 atom stereocenters. The Kier molecular flexibility index (Phi) is 5.82. The summed E-state index contributed by atoms with van der Waals surface area (Å²) in [5, 5.41) is 0. The molecule has 0 N–H and O–H groups in total. The van der Waals surface area contributed by atoms with Crippen molar-refractivity contribution < 1.29 is 4.74 Å². The smallest absolute Gasteiger partial charge is 0.0582 e. The fourth-order valence-corrected chi connectivity index (χ4v) is 3.16. The Bertz CT molecular complexity index is 186. The molecule has 1 saturated carbocycles. The maximum Gasteiger partial charge on any atom is 0.0582 e. The Hall–Kier alpha value is -0.0400. The molecule has 2 unspecified atom stereocenters. The average Bonchev–Trinajstić information content (AvgIpc) is 2.14. The van der Waals surface area contributed by atoms with Crippen molar-refractivity contribution in [3.63, 3.8) is 0 Å². The lowest BCUT2D eigenvalue weighted by atomic mass is 9.71. The van der Waals surface area contributed by atoms with E-state index in [1.807, 2.05) is 0 Å². The van der Waals surface area contributed by atoms with E-state index < -0.39 is 0 Å². The molecular weight excluding hydrogens is 196 g/mol. The fourth-order valence-electron chi connectivity index (χ4n) is 3.16. The molecule has 0 radical (unpaired) electrons. The number of hydrogen-bond acceptors (Lipinski definition) is 1. The van der Waals surface area contributed by atoms with Crippen LogP contribution in [0.4, 0.5) is 0 Å². The van der Waals surface area contributed by atoms with Crippen LogP contribution in [0.25, 0.3) is 0 Å². The highest BCUT2D eigenvalue weighted by molar-refractivity contribution is 4.83. The number of rotatable bonds is 6. The van der Waals surface area contributed by atoms with Gasteiger partial charge >= 0.3 is 0 Å². The summed E-state index contributed by atoms with van der Waals surface area (Å²) in [7, 11) is 0. The molecule has 0 aromatic rings. The monoisotopic (exact) mass is 226 g/mol. The summed E-state index contributed by atoms with van der Waals surface area (Å²) in [6.07, 6.45) is 9.68. The largest absolute Gasteiger partial charge is 0.378 e. The molecule has 0 aliphatic heterocycles. The summed E-state index contributed by atoms with van der Waals surface area (Å²) < 4.78 is 6.04. The van der Waals surface area contributed by atoms with Crippen LogP contribution in [0.3, 0.4) is 0 Å². The van der Waals surface area contributed by atoms with Gasteiger partial charge in [0.2, 0.25) is 0 Å². The maximum absolute atomic E-state index is 6.04. The molecule has 96 valence electrons. The topological polar surface area (TPSA) is 9.23 Å². The SMILES string of the molecule is CCCCCCOC1CC(C)CC(C)(C)C1. The van der Waals surface area contributed by atoms with Crippen LogP contribution in [0, 0.1) is 11.3 Å². The van der Waals surface area contributed by atoms with Gasteiger partial charge in [0, 0.05) is 6.61 Å². The number of unbranched alkanes of at least 4 members (excludes halogenated alkanes) is 3. The number of ether oxygens (including phenoxy) is 1. The van der Waals surface area contributed by atoms with E-state index in [0.717, 1.165) is 12.5 Å². The van der Waals surface area contributed by atoms with Crippen LogP contribution in [-0.4, -0.2) is 12.7 Å². The van der Waals surface area contributed by atoms with Crippen LogP contribution < -0.4 is 0 Å². The van der Waals surface area contributed by atoms with Crippen LogP contribution in [0.1, 0.15) is 72.6 Å². The molecule has 0 spiro atoms. The van der Waals surface area contributed by atoms with Gasteiger partial charge in [-0.3, -0.25) is 0 Å². The van der Waals surface area contributed by atoms with Gasteiger partial charge in [-0.1, -0.05) is 47.0 Å².